The number of sulfonamides is 1. The Morgan fingerprint density at radius 2 is 0.812 bits per heavy atom. The lowest BCUT2D eigenvalue weighted by Crippen LogP contribution is -2.45. The molecule has 0 spiro atoms. The van der Waals surface area contributed by atoms with Crippen LogP contribution in [0.2, 0.25) is 5.02 Å². The number of carbonyl (C=O) groups is 2. The van der Waals surface area contributed by atoms with E-state index in [1.807, 2.05) is 131 Å². The third-order valence-electron chi connectivity index (χ3n) is 22.0. The number of benzene rings is 1. The molecule has 0 bridgehead atoms. The predicted octanol–water partition coefficient (Wildman–Crippen LogP) is 19.0. The lowest BCUT2D eigenvalue weighted by Gasteiger charge is -2.32. The number of nitrogens with zero attached hydrogens (tertiary/aromatic N) is 21. The predicted molar refractivity (Wildman–Crippen MR) is 605 cm³/mol. The van der Waals surface area contributed by atoms with Gasteiger partial charge in [-0.2, -0.15) is 4.31 Å². The van der Waals surface area contributed by atoms with Crippen LogP contribution in [-0.2, 0) is 19.6 Å². The van der Waals surface area contributed by atoms with E-state index in [4.69, 9.17) is 27.5 Å². The van der Waals surface area contributed by atoms with Gasteiger partial charge in [-0.05, 0) is 230 Å². The van der Waals surface area contributed by atoms with Crippen LogP contribution in [0, 0.1) is 6.92 Å². The Morgan fingerprint density at radius 3 is 1.19 bits per heavy atom. The summed E-state index contributed by atoms with van der Waals surface area (Å²) in [6.07, 6.45) is 27.0. The van der Waals surface area contributed by atoms with Gasteiger partial charge in [-0.15, -0.1) is 0 Å². The Hall–Kier alpha value is -13.3. The minimum atomic E-state index is -3.53. The van der Waals surface area contributed by atoms with E-state index >= 15 is 0 Å². The maximum atomic E-state index is 12.9. The van der Waals surface area contributed by atoms with Crippen LogP contribution in [0.25, 0.3) is 0 Å². The highest BCUT2D eigenvalue weighted by atomic mass is 35.5. The van der Waals surface area contributed by atoms with Crippen molar-refractivity contribution < 1.29 is 28.2 Å². The summed E-state index contributed by atoms with van der Waals surface area (Å²) in [7, 11) is 2.17. The van der Waals surface area contributed by atoms with Crippen molar-refractivity contribution in [3.05, 3.63) is 263 Å². The molecular weight excluding hydrogens is 1920 g/mol. The maximum absolute atomic E-state index is 12.9. The zero-order chi connectivity index (χ0) is 110. The van der Waals surface area contributed by atoms with Crippen LogP contribution in [-0.4, -0.2) is 235 Å². The average Bonchev–Trinajstić information content (AvgIpc) is 0.796. The van der Waals surface area contributed by atoms with E-state index in [1.54, 1.807) is 80.2 Å². The fourth-order valence-electron chi connectivity index (χ4n) is 13.1. The van der Waals surface area contributed by atoms with Gasteiger partial charge >= 0.3 is 0 Å². The van der Waals surface area contributed by atoms with Gasteiger partial charge in [-0.25, -0.2) is 93.1 Å². The molecule has 1 aromatic carbocycles. The van der Waals surface area contributed by atoms with Crippen LogP contribution in [0.4, 0.5) is 47.5 Å². The molecule has 2 saturated heterocycles. The topological polar surface area (TPSA) is 494 Å². The smallest absolute Gasteiger partial charge is 0.245 e. The Bertz CT molecular complexity index is 5680. The first kappa shape index (κ1) is 128. The molecule has 2 aliphatic heterocycles. The van der Waals surface area contributed by atoms with Gasteiger partial charge in [-0.1, -0.05) is 164 Å². The van der Waals surface area contributed by atoms with Crippen LogP contribution in [0.15, 0.2) is 195 Å². The molecule has 0 aliphatic carbocycles. The van der Waals surface area contributed by atoms with Gasteiger partial charge in [0, 0.05) is 223 Å². The van der Waals surface area contributed by atoms with E-state index in [2.05, 4.69) is 307 Å². The number of anilines is 8. The van der Waals surface area contributed by atoms with Gasteiger partial charge in [0.1, 0.15) is 18.8 Å². The number of carbonyl (C=O) groups excluding carboxylic acids is 2. The van der Waals surface area contributed by atoms with E-state index in [1.165, 1.54) is 40.8 Å². The summed E-state index contributed by atoms with van der Waals surface area (Å²) in [5.74, 6) is 9.82. The van der Waals surface area contributed by atoms with E-state index in [0.29, 0.717) is 158 Å². The van der Waals surface area contributed by atoms with Crippen molar-refractivity contribution in [2.45, 2.75) is 274 Å². The van der Waals surface area contributed by atoms with Gasteiger partial charge in [0.25, 0.3) is 0 Å². The highest BCUT2D eigenvalue weighted by Crippen LogP contribution is 2.27. The van der Waals surface area contributed by atoms with Crippen molar-refractivity contribution in [1.82, 2.24) is 115 Å². The third kappa shape index (κ3) is 53.5. The molecule has 14 rings (SSSR count). The van der Waals surface area contributed by atoms with Crippen LogP contribution in [0.1, 0.15) is 318 Å². The summed E-state index contributed by atoms with van der Waals surface area (Å²) in [5.41, 5.74) is 18.9. The van der Waals surface area contributed by atoms with Crippen molar-refractivity contribution in [3.8, 4) is 0 Å². The molecule has 2 amide bonds. The van der Waals surface area contributed by atoms with Gasteiger partial charge in [0.05, 0.1) is 11.5 Å². The van der Waals surface area contributed by atoms with Crippen molar-refractivity contribution >= 4 is 80.9 Å². The second-order valence-corrected chi connectivity index (χ2v) is 41.0. The Morgan fingerprint density at radius 1 is 0.430 bits per heavy atom. The summed E-state index contributed by atoms with van der Waals surface area (Å²) in [4.78, 5) is 103. The summed E-state index contributed by atoms with van der Waals surface area (Å²) in [5, 5.41) is 44.8. The van der Waals surface area contributed by atoms with Gasteiger partial charge in [0.15, 0.2) is 0 Å². The first-order valence-electron chi connectivity index (χ1n) is 51.3. The van der Waals surface area contributed by atoms with Crippen LogP contribution >= 0.6 is 11.6 Å². The third-order valence-corrected chi connectivity index (χ3v) is 24.1. The number of hydrogen-bond acceptors (Lipinski definition) is 34. The number of nitrogens with one attached hydrogen (secondary N) is 9. The second-order valence-electron chi connectivity index (χ2n) is 38.6. The first-order chi connectivity index (χ1) is 70.9. The van der Waals surface area contributed by atoms with Crippen LogP contribution in [0.5, 0.6) is 0 Å². The number of nitrogens with two attached hydrogens (primary N) is 1. The minimum Gasteiger partial charge on any atom is -0.395 e. The largest absolute Gasteiger partial charge is 0.395 e. The maximum Gasteiger partial charge on any atom is 0.245 e. The summed E-state index contributed by atoms with van der Waals surface area (Å²) in [6.45, 7) is 55.4. The molecule has 0 unspecified atom stereocenters. The second kappa shape index (κ2) is 71.4. The lowest BCUT2D eigenvalue weighted by molar-refractivity contribution is -0.123. The summed E-state index contributed by atoms with van der Waals surface area (Å²) in [6, 6.07) is 34.3. The molecule has 11 aromatic heterocycles. The number of amides is 2. The van der Waals surface area contributed by atoms with E-state index in [0.717, 1.165) is 89.1 Å². The quantitative estimate of drug-likeness (QED) is 0.0180. The number of rotatable bonds is 31. The number of aromatic nitrogens is 19. The van der Waals surface area contributed by atoms with E-state index in [-0.39, 0.29) is 29.4 Å². The fraction of sp³-hybridized carbons (Fsp3) is 0.500. The summed E-state index contributed by atoms with van der Waals surface area (Å²) >= 11 is 5.86. The van der Waals surface area contributed by atoms with E-state index in [9.17, 15) is 18.0 Å². The van der Waals surface area contributed by atoms with Gasteiger partial charge < -0.3 is 68.7 Å². The zero-order valence-electron chi connectivity index (χ0n) is 92.8. The van der Waals surface area contributed by atoms with Crippen molar-refractivity contribution in [2.24, 2.45) is 0 Å². The average molecular weight is 2090 g/mol. The SMILES string of the molecule is CC(=O)NCCNc1nccc(C(C)C)n1.CC(C)c1ccnc(N(C)C)n1.CC(C)c1ccnc(N)c1.CC(C)c1ccnc(NCCNC(=O)CO)n1.CC(C)c1ccnc(NCCO)n1.CC(C)c1ccnc(N[C@@H]2CCCN(S(=O)(=O)c3ccc(Cl)cc3)C2)n1.CC(C)c1ccnc(N[C@@H]2CCCNC2)n1.CC(C)c1ccncc1.CC(C)c1ccncn1.CNc1nccc(C(C)C)n1.Cc1cc(C(C)C)ccn1. The number of aliphatic hydroxyl groups excluding tert-OH is 2. The molecule has 12 aromatic rings. The van der Waals surface area contributed by atoms with E-state index < -0.39 is 16.6 Å². The monoisotopic (exact) mass is 2090 g/mol. The molecule has 149 heavy (non-hydrogen) atoms. The molecule has 13 heterocycles. The van der Waals surface area contributed by atoms with Crippen molar-refractivity contribution in [1.29, 1.82) is 0 Å². The normalized spacial score (nSPS) is 12.9. The Balaban J connectivity index is 0.000000347. The fourth-order valence-corrected chi connectivity index (χ4v) is 14.8. The van der Waals surface area contributed by atoms with Crippen LogP contribution in [0.3, 0.4) is 0 Å². The van der Waals surface area contributed by atoms with Crippen molar-refractivity contribution in [2.75, 3.05) is 136 Å². The highest BCUT2D eigenvalue weighted by molar-refractivity contribution is 7.89. The number of piperidine rings is 2. The Labute approximate surface area is 891 Å². The number of nitrogen functional groups attached to an aromatic ring is 1. The number of pyridine rings is 3. The lowest BCUT2D eigenvalue weighted by atomic mass is 10.0. The first-order valence-corrected chi connectivity index (χ1v) is 53.1. The molecule has 812 valence electrons. The Kier molecular flexibility index (Phi) is 61.3. The zero-order valence-corrected chi connectivity index (χ0v) is 94.4. The number of hydrogen-bond donors (Lipinski definition) is 12. The van der Waals surface area contributed by atoms with Crippen molar-refractivity contribution in [3.63, 3.8) is 0 Å². The minimum absolute atomic E-state index is 0.0202. The molecule has 0 saturated carbocycles. The molecule has 2 atom stereocenters. The molecular formula is C110H168ClN31O6S. The van der Waals surface area contributed by atoms with Gasteiger partial charge in [-0.3, -0.25) is 19.6 Å². The van der Waals surface area contributed by atoms with Gasteiger partial charge in [0.2, 0.25) is 63.5 Å². The molecule has 0 radical (unpaired) electrons. The molecule has 39 heteroatoms. The molecule has 2 aliphatic rings. The van der Waals surface area contributed by atoms with Crippen LogP contribution < -0.4 is 58.5 Å². The highest BCUT2D eigenvalue weighted by Gasteiger charge is 2.31. The molecule has 13 N–H and O–H groups in total. The molecule has 2 fully saturated rings. The molecule has 37 nitrogen and oxygen atoms in total. The number of aryl methyl sites for hydroxylation is 1. The number of halogens is 1. The summed E-state index contributed by atoms with van der Waals surface area (Å²) < 4.78 is 27.2. The standard InChI is InChI=1S/C18H23ClN4O2S.C12H20N4.C11H18N4O2.C11H18N4O.C9H15N3O.C9H15N3.C9H13N.C8H13N3.C8H12N2.C8H11N.C7H10N2/c1-13(2)17-9-10-20-18(22-17)21-15-4-3-11-23(12-15)26(24,25)16-7-5-14(19)6-8-16;1-9(2)11-5-7-14-12(16-11)15-10-4-3-6-13-8-10;1-8(2)9-3-4-13-11(15-9)14-6-5-12-10(17)7-16;1-8(2)10-4-5-13-11(15-10)14-7-6-12-9(3)16;1-7(2)8-3-4-10-9(12-8)11-5-6-13;1-7(2)8-5-6-10-9(11-8)12(3)4;1-7(2)9-4-5-10-8(3)6-9;1-6(2)7-4-5-10-8(9-3)11-7;1-6(2)7-3-4-10-8(9)5-7;1-7(2)8-3-5-9-6-4-8;1-6(2)7-3-4-8-5-9-7/h5-10,13,15H,3-4,11-12H2,1-2H3,(H,20,21,22);5,7,9-10,13H,3-4,6,8H2,1-2H3,(H,14,15,16);3-4,8,16H,5-7H2,1-2H3,(H,12,17)(H,13,14,15);4-5,8H,6-7H2,1-3H3,(H,12,16)(H,13,14,15);3-4,7,13H,5-6H2,1-2H3,(H,10,11,12);5-7H,1-4H3;4-7H,1-3H3;4-6H,1-3H3,(H,9,10,11);3-6H,1-2H3,(H2,9,10);3-7H,1-2H3;3-6H,1-2H3/t15-;10-;;;;;;;;;/m11........./s1. The number of aliphatic hydroxyl groups is 2.